The van der Waals surface area contributed by atoms with Crippen molar-refractivity contribution in [3.8, 4) is 0 Å². The summed E-state index contributed by atoms with van der Waals surface area (Å²) in [5, 5.41) is 2.90. The van der Waals surface area contributed by atoms with E-state index in [1.54, 1.807) is 30.4 Å². The van der Waals surface area contributed by atoms with Crippen molar-refractivity contribution in [2.24, 2.45) is 0 Å². The number of carbonyl (C=O) groups is 2. The minimum Gasteiger partial charge on any atom is -0.338 e. The van der Waals surface area contributed by atoms with Gasteiger partial charge in [0.25, 0.3) is 0 Å². The molecule has 0 atom stereocenters. The molecule has 1 fully saturated rings. The van der Waals surface area contributed by atoms with Gasteiger partial charge in [-0.1, -0.05) is 15.9 Å². The Bertz CT molecular complexity index is 855. The highest BCUT2D eigenvalue weighted by molar-refractivity contribution is 9.10. The molecular formula is C20H25BrN6O2. The number of halogens is 1. The number of amides is 2. The molecule has 154 valence electrons. The number of nitrogens with zero attached hydrogens (tertiary/aromatic N) is 5. The number of hydrogen-bond acceptors (Lipinski definition) is 6. The van der Waals surface area contributed by atoms with Gasteiger partial charge < -0.3 is 15.1 Å². The van der Waals surface area contributed by atoms with Crippen LogP contribution in [0.4, 0.5) is 11.6 Å². The third-order valence-corrected chi connectivity index (χ3v) is 5.24. The Morgan fingerprint density at radius 3 is 2.48 bits per heavy atom. The van der Waals surface area contributed by atoms with Crippen LogP contribution < -0.4 is 10.2 Å². The van der Waals surface area contributed by atoms with E-state index in [9.17, 15) is 9.59 Å². The molecule has 2 aromatic rings. The fourth-order valence-corrected chi connectivity index (χ4v) is 3.67. The van der Waals surface area contributed by atoms with Gasteiger partial charge in [0.05, 0.1) is 13.1 Å². The first-order valence-electron chi connectivity index (χ1n) is 9.46. The Labute approximate surface area is 179 Å². The van der Waals surface area contributed by atoms with Gasteiger partial charge in [0.2, 0.25) is 17.8 Å². The van der Waals surface area contributed by atoms with Crippen molar-refractivity contribution >= 4 is 39.4 Å². The van der Waals surface area contributed by atoms with Gasteiger partial charge in [-0.25, -0.2) is 9.97 Å². The third-order valence-electron chi connectivity index (χ3n) is 4.75. The Hall–Kier alpha value is -2.52. The van der Waals surface area contributed by atoms with Gasteiger partial charge in [0.1, 0.15) is 0 Å². The van der Waals surface area contributed by atoms with Crippen LogP contribution in [0.1, 0.15) is 5.56 Å². The van der Waals surface area contributed by atoms with E-state index in [0.717, 1.165) is 15.7 Å². The fraction of sp³-hybridized carbons (Fsp3) is 0.400. The average molecular weight is 461 g/mol. The second kappa shape index (κ2) is 9.80. The molecule has 1 aromatic heterocycles. The average Bonchev–Trinajstić information content (AvgIpc) is 2.70. The van der Waals surface area contributed by atoms with Crippen LogP contribution in [0.15, 0.2) is 41.1 Å². The number of carbonyl (C=O) groups excluding carboxylic acids is 2. The number of rotatable bonds is 6. The Balaban J connectivity index is 1.44. The molecule has 2 amide bonds. The highest BCUT2D eigenvalue weighted by atomic mass is 79.9. The Morgan fingerprint density at radius 2 is 1.83 bits per heavy atom. The number of aromatic nitrogens is 2. The van der Waals surface area contributed by atoms with Gasteiger partial charge in [-0.3, -0.25) is 14.5 Å². The highest BCUT2D eigenvalue weighted by Crippen LogP contribution is 2.20. The van der Waals surface area contributed by atoms with E-state index in [4.69, 9.17) is 0 Å². The van der Waals surface area contributed by atoms with Gasteiger partial charge in [-0.05, 0) is 43.8 Å². The summed E-state index contributed by atoms with van der Waals surface area (Å²) in [6.45, 7) is 4.93. The van der Waals surface area contributed by atoms with E-state index < -0.39 is 0 Å². The lowest BCUT2D eigenvalue weighted by molar-refractivity contribution is -0.132. The summed E-state index contributed by atoms with van der Waals surface area (Å²) in [7, 11) is 1.78. The Kier molecular flexibility index (Phi) is 7.16. The summed E-state index contributed by atoms with van der Waals surface area (Å²) in [5.41, 5.74) is 1.75. The van der Waals surface area contributed by atoms with Crippen LogP contribution in [-0.4, -0.2) is 77.9 Å². The molecule has 1 N–H and O–H groups in total. The molecule has 0 spiro atoms. The molecular weight excluding hydrogens is 436 g/mol. The van der Waals surface area contributed by atoms with Crippen LogP contribution in [0.3, 0.4) is 0 Å². The maximum atomic E-state index is 12.6. The number of benzene rings is 1. The van der Waals surface area contributed by atoms with Crippen molar-refractivity contribution in [3.63, 3.8) is 0 Å². The first-order chi connectivity index (χ1) is 13.9. The molecule has 1 aromatic carbocycles. The van der Waals surface area contributed by atoms with Gasteiger partial charge in [0, 0.05) is 48.7 Å². The lowest BCUT2D eigenvalue weighted by Gasteiger charge is -2.35. The van der Waals surface area contributed by atoms with E-state index in [2.05, 4.69) is 36.1 Å². The SMILES string of the molecule is Cc1cc(Br)ccc1NC(=O)CN(C)CC(=O)N1CCN(c2ncccn2)CC1. The van der Waals surface area contributed by atoms with Crippen LogP contribution in [0.2, 0.25) is 0 Å². The van der Waals surface area contributed by atoms with E-state index in [0.29, 0.717) is 32.1 Å². The summed E-state index contributed by atoms with van der Waals surface area (Å²) in [6.07, 6.45) is 3.44. The molecule has 29 heavy (non-hydrogen) atoms. The molecule has 0 aliphatic carbocycles. The molecule has 0 bridgehead atoms. The standard InChI is InChI=1S/C20H25BrN6O2/c1-15-12-16(21)4-5-17(15)24-18(28)13-25(2)14-19(29)26-8-10-27(11-9-26)20-22-6-3-7-23-20/h3-7,12H,8-11,13-14H2,1-2H3,(H,24,28). The van der Waals surface area contributed by atoms with Crippen molar-refractivity contribution < 1.29 is 9.59 Å². The molecule has 0 saturated carbocycles. The predicted octanol–water partition coefficient (Wildman–Crippen LogP) is 1.77. The fourth-order valence-electron chi connectivity index (χ4n) is 3.20. The molecule has 8 nitrogen and oxygen atoms in total. The monoisotopic (exact) mass is 460 g/mol. The minimum atomic E-state index is -0.142. The highest BCUT2D eigenvalue weighted by Gasteiger charge is 2.23. The molecule has 3 rings (SSSR count). The van der Waals surface area contributed by atoms with Gasteiger partial charge in [-0.2, -0.15) is 0 Å². The van der Waals surface area contributed by atoms with Crippen LogP contribution >= 0.6 is 15.9 Å². The van der Waals surface area contributed by atoms with E-state index in [1.165, 1.54) is 0 Å². The van der Waals surface area contributed by atoms with Gasteiger partial charge in [-0.15, -0.1) is 0 Å². The number of aryl methyl sites for hydroxylation is 1. The molecule has 0 radical (unpaired) electrons. The van der Waals surface area contributed by atoms with Crippen molar-refractivity contribution in [2.45, 2.75) is 6.92 Å². The largest absolute Gasteiger partial charge is 0.338 e. The zero-order valence-corrected chi connectivity index (χ0v) is 18.2. The van der Waals surface area contributed by atoms with E-state index >= 15 is 0 Å². The third kappa shape index (κ3) is 5.98. The smallest absolute Gasteiger partial charge is 0.238 e. The van der Waals surface area contributed by atoms with Crippen molar-refractivity contribution in [3.05, 3.63) is 46.7 Å². The second-order valence-corrected chi connectivity index (χ2v) is 8.01. The van der Waals surface area contributed by atoms with E-state index in [-0.39, 0.29) is 24.9 Å². The number of nitrogens with one attached hydrogen (secondary N) is 1. The summed E-state index contributed by atoms with van der Waals surface area (Å²) >= 11 is 3.41. The lowest BCUT2D eigenvalue weighted by atomic mass is 10.2. The quantitative estimate of drug-likeness (QED) is 0.707. The minimum absolute atomic E-state index is 0.0220. The Morgan fingerprint density at radius 1 is 1.14 bits per heavy atom. The summed E-state index contributed by atoms with van der Waals surface area (Å²) in [6, 6.07) is 7.48. The topological polar surface area (TPSA) is 81.7 Å². The summed E-state index contributed by atoms with van der Waals surface area (Å²) in [4.78, 5) is 39.0. The molecule has 2 heterocycles. The van der Waals surface area contributed by atoms with Crippen LogP contribution in [0.5, 0.6) is 0 Å². The van der Waals surface area contributed by atoms with Gasteiger partial charge in [0.15, 0.2) is 0 Å². The first-order valence-corrected chi connectivity index (χ1v) is 10.3. The van der Waals surface area contributed by atoms with E-state index in [1.807, 2.05) is 30.0 Å². The molecule has 1 aliphatic rings. The van der Waals surface area contributed by atoms with Crippen molar-refractivity contribution in [2.75, 3.05) is 56.5 Å². The summed E-state index contributed by atoms with van der Waals surface area (Å²) < 4.78 is 0.967. The van der Waals surface area contributed by atoms with Gasteiger partial charge >= 0.3 is 0 Å². The maximum absolute atomic E-state index is 12.6. The van der Waals surface area contributed by atoms with Crippen LogP contribution in [0.25, 0.3) is 0 Å². The second-order valence-electron chi connectivity index (χ2n) is 7.10. The molecule has 1 aliphatic heterocycles. The van der Waals surface area contributed by atoms with Crippen molar-refractivity contribution in [1.82, 2.24) is 19.8 Å². The predicted molar refractivity (Wildman–Crippen MR) is 116 cm³/mol. The lowest BCUT2D eigenvalue weighted by Crippen LogP contribution is -2.51. The summed E-state index contributed by atoms with van der Waals surface area (Å²) in [5.74, 6) is 0.571. The number of hydrogen-bond donors (Lipinski definition) is 1. The molecule has 0 unspecified atom stereocenters. The van der Waals surface area contributed by atoms with Crippen molar-refractivity contribution in [1.29, 1.82) is 0 Å². The number of likely N-dealkylation sites (N-methyl/N-ethyl adjacent to an activating group) is 1. The molecule has 1 saturated heterocycles. The normalized spacial score (nSPS) is 14.2. The maximum Gasteiger partial charge on any atom is 0.238 e. The zero-order chi connectivity index (χ0) is 20.8. The number of piperazine rings is 1. The van der Waals surface area contributed by atoms with Crippen LogP contribution in [0, 0.1) is 6.92 Å². The molecule has 9 heteroatoms. The first kappa shape index (κ1) is 21.2. The van der Waals surface area contributed by atoms with Crippen LogP contribution in [-0.2, 0) is 9.59 Å². The zero-order valence-electron chi connectivity index (χ0n) is 16.6. The number of anilines is 2.